The molecule has 0 aliphatic heterocycles. The van der Waals surface area contributed by atoms with Crippen LogP contribution in [0.1, 0.15) is 65.2 Å². The van der Waals surface area contributed by atoms with E-state index in [1.165, 1.54) is 6.92 Å². The number of ether oxygens (including phenoxy) is 1. The second kappa shape index (κ2) is 8.16. The number of hydrogen-bond acceptors (Lipinski definition) is 2. The van der Waals surface area contributed by atoms with E-state index in [1.54, 1.807) is 0 Å². The number of hydrogen-bond donors (Lipinski definition) is 0. The molecular formula is C24H28Br2O2. The molecule has 0 radical (unpaired) electrons. The lowest BCUT2D eigenvalue weighted by Crippen LogP contribution is -2.21. The van der Waals surface area contributed by atoms with E-state index in [4.69, 9.17) is 4.74 Å². The van der Waals surface area contributed by atoms with E-state index in [9.17, 15) is 4.79 Å². The minimum absolute atomic E-state index is 0.196. The van der Waals surface area contributed by atoms with Gasteiger partial charge in [0.25, 0.3) is 0 Å². The van der Waals surface area contributed by atoms with Crippen molar-refractivity contribution in [3.05, 3.63) is 56.5 Å². The van der Waals surface area contributed by atoms with Gasteiger partial charge in [0.15, 0.2) is 0 Å². The summed E-state index contributed by atoms with van der Waals surface area (Å²) >= 11 is 7.25. The third kappa shape index (κ3) is 4.96. The summed E-state index contributed by atoms with van der Waals surface area (Å²) in [7, 11) is 0. The molecule has 2 aromatic carbocycles. The highest BCUT2D eigenvalue weighted by atomic mass is 79.9. The maximum atomic E-state index is 11.9. The Morgan fingerprint density at radius 1 is 0.964 bits per heavy atom. The van der Waals surface area contributed by atoms with Crippen molar-refractivity contribution >= 4 is 43.9 Å². The first-order valence-electron chi connectivity index (χ1n) is 9.25. The highest BCUT2D eigenvalue weighted by Gasteiger charge is 2.29. The molecule has 2 rings (SSSR count). The summed E-state index contributed by atoms with van der Waals surface area (Å²) < 4.78 is 7.71. The Morgan fingerprint density at radius 3 is 1.86 bits per heavy atom. The highest BCUT2D eigenvalue weighted by molar-refractivity contribution is 9.11. The summed E-state index contributed by atoms with van der Waals surface area (Å²) in [6.45, 7) is 18.3. The number of carbonyl (C=O) groups is 1. The largest absolute Gasteiger partial charge is 0.426 e. The fraction of sp³-hybridized carbons (Fsp3) is 0.375. The molecule has 4 heteroatoms. The molecule has 28 heavy (non-hydrogen) atoms. The van der Waals surface area contributed by atoms with Gasteiger partial charge < -0.3 is 4.74 Å². The van der Waals surface area contributed by atoms with E-state index in [-0.39, 0.29) is 16.8 Å². The van der Waals surface area contributed by atoms with Crippen LogP contribution in [0.25, 0.3) is 17.2 Å². The van der Waals surface area contributed by atoms with Crippen molar-refractivity contribution < 1.29 is 9.53 Å². The quantitative estimate of drug-likeness (QED) is 0.310. The third-order valence-electron chi connectivity index (χ3n) is 4.56. The molecule has 0 spiro atoms. The highest BCUT2D eigenvalue weighted by Crippen LogP contribution is 2.44. The molecule has 0 aliphatic rings. The summed E-state index contributed by atoms with van der Waals surface area (Å²) in [6, 6.07) is 8.38. The number of esters is 1. The van der Waals surface area contributed by atoms with E-state index in [1.807, 2.05) is 12.1 Å². The Morgan fingerprint density at radius 2 is 1.46 bits per heavy atom. The minimum atomic E-state index is -0.305. The fourth-order valence-corrected chi connectivity index (χ4v) is 4.57. The lowest BCUT2D eigenvalue weighted by molar-refractivity contribution is -0.132. The molecule has 0 amide bonds. The van der Waals surface area contributed by atoms with Gasteiger partial charge in [-0.1, -0.05) is 86.1 Å². The van der Waals surface area contributed by atoms with Crippen LogP contribution in [0.2, 0.25) is 0 Å². The normalized spacial score (nSPS) is 12.0. The first-order chi connectivity index (χ1) is 12.8. The molecule has 0 atom stereocenters. The van der Waals surface area contributed by atoms with E-state index in [2.05, 4.69) is 98.2 Å². The summed E-state index contributed by atoms with van der Waals surface area (Å²) in [6.07, 6.45) is 1.86. The summed E-state index contributed by atoms with van der Waals surface area (Å²) in [5.41, 5.74) is 4.80. The van der Waals surface area contributed by atoms with Crippen molar-refractivity contribution in [3.8, 4) is 16.9 Å². The van der Waals surface area contributed by atoms with E-state index < -0.39 is 0 Å². The fourth-order valence-electron chi connectivity index (χ4n) is 3.18. The minimum Gasteiger partial charge on any atom is -0.426 e. The lowest BCUT2D eigenvalue weighted by Gasteiger charge is -2.30. The summed E-state index contributed by atoms with van der Waals surface area (Å²) in [5, 5.41) is 0. The zero-order chi connectivity index (χ0) is 21.4. The predicted octanol–water partition coefficient (Wildman–Crippen LogP) is 8.04. The molecule has 2 aromatic rings. The zero-order valence-corrected chi connectivity index (χ0v) is 20.8. The van der Waals surface area contributed by atoms with E-state index >= 15 is 0 Å². The number of halogens is 2. The molecule has 0 N–H and O–H groups in total. The van der Waals surface area contributed by atoms with Crippen LogP contribution in [0.15, 0.2) is 39.8 Å². The van der Waals surface area contributed by atoms with Crippen LogP contribution >= 0.6 is 31.9 Å². The van der Waals surface area contributed by atoms with Gasteiger partial charge in [0.05, 0.1) is 0 Å². The molecule has 0 unspecified atom stereocenters. The van der Waals surface area contributed by atoms with Crippen LogP contribution in [-0.4, -0.2) is 5.97 Å². The second-order valence-electron chi connectivity index (χ2n) is 9.05. The van der Waals surface area contributed by atoms with Crippen LogP contribution in [0.3, 0.4) is 0 Å². The van der Waals surface area contributed by atoms with Crippen LogP contribution in [-0.2, 0) is 15.6 Å². The molecule has 0 aromatic heterocycles. The van der Waals surface area contributed by atoms with Gasteiger partial charge in [-0.3, -0.25) is 4.79 Å². The SMILES string of the molecule is C=Cc1c(Br)cc(Br)cc1-c1cc(C(C)(C)C)c(OC(C)=O)c(C(C)(C)C)c1. The standard InChI is InChI=1S/C24H28Br2O2/c1-9-17-18(12-16(25)13-21(17)26)15-10-19(23(3,4)5)22(28-14(2)27)20(11-15)24(6,7)8/h9-13H,1H2,2-8H3. The number of carbonyl (C=O) groups excluding carboxylic acids is 1. The molecular weight excluding hydrogens is 480 g/mol. The van der Waals surface area contributed by atoms with Crippen LogP contribution < -0.4 is 4.74 Å². The van der Waals surface area contributed by atoms with Crippen LogP contribution in [0, 0.1) is 0 Å². The van der Waals surface area contributed by atoms with Crippen molar-refractivity contribution in [1.82, 2.24) is 0 Å². The molecule has 0 heterocycles. The van der Waals surface area contributed by atoms with Gasteiger partial charge in [-0.2, -0.15) is 0 Å². The number of benzene rings is 2. The van der Waals surface area contributed by atoms with Gasteiger partial charge in [0, 0.05) is 27.0 Å². The summed E-state index contributed by atoms with van der Waals surface area (Å²) in [4.78, 5) is 11.9. The lowest BCUT2D eigenvalue weighted by atomic mass is 9.77. The Bertz CT molecular complexity index is 894. The number of rotatable bonds is 3. The summed E-state index contributed by atoms with van der Waals surface area (Å²) in [5.74, 6) is 0.367. The van der Waals surface area contributed by atoms with Gasteiger partial charge in [0.2, 0.25) is 0 Å². The van der Waals surface area contributed by atoms with E-state index in [0.717, 1.165) is 36.8 Å². The average Bonchev–Trinajstić information content (AvgIpc) is 2.51. The Kier molecular flexibility index (Phi) is 6.67. The molecule has 0 bridgehead atoms. The maximum Gasteiger partial charge on any atom is 0.308 e. The monoisotopic (exact) mass is 506 g/mol. The Balaban J connectivity index is 2.97. The topological polar surface area (TPSA) is 26.3 Å². The predicted molar refractivity (Wildman–Crippen MR) is 126 cm³/mol. The van der Waals surface area contributed by atoms with E-state index in [0.29, 0.717) is 5.75 Å². The van der Waals surface area contributed by atoms with Crippen LogP contribution in [0.4, 0.5) is 0 Å². The first kappa shape index (κ1) is 22.9. The molecule has 0 saturated carbocycles. The molecule has 2 nitrogen and oxygen atoms in total. The molecule has 150 valence electrons. The van der Waals surface area contributed by atoms with Crippen molar-refractivity contribution in [3.63, 3.8) is 0 Å². The van der Waals surface area contributed by atoms with Crippen molar-refractivity contribution in [2.24, 2.45) is 0 Å². The van der Waals surface area contributed by atoms with Crippen molar-refractivity contribution in [2.75, 3.05) is 0 Å². The van der Waals surface area contributed by atoms with Crippen molar-refractivity contribution in [1.29, 1.82) is 0 Å². The Labute approximate surface area is 185 Å². The van der Waals surface area contributed by atoms with Gasteiger partial charge in [0.1, 0.15) is 5.75 Å². The van der Waals surface area contributed by atoms with Gasteiger partial charge in [-0.15, -0.1) is 0 Å². The zero-order valence-electron chi connectivity index (χ0n) is 17.7. The average molecular weight is 508 g/mol. The third-order valence-corrected chi connectivity index (χ3v) is 5.67. The van der Waals surface area contributed by atoms with Gasteiger partial charge in [-0.05, 0) is 51.8 Å². The molecule has 0 fully saturated rings. The Hall–Kier alpha value is -1.39. The maximum absolute atomic E-state index is 11.9. The molecule has 0 aliphatic carbocycles. The van der Waals surface area contributed by atoms with Gasteiger partial charge >= 0.3 is 5.97 Å². The second-order valence-corrected chi connectivity index (χ2v) is 10.8. The van der Waals surface area contributed by atoms with Crippen LogP contribution in [0.5, 0.6) is 5.75 Å². The van der Waals surface area contributed by atoms with Gasteiger partial charge in [-0.25, -0.2) is 0 Å². The smallest absolute Gasteiger partial charge is 0.308 e. The molecule has 0 saturated heterocycles. The first-order valence-corrected chi connectivity index (χ1v) is 10.8. The van der Waals surface area contributed by atoms with Crippen molar-refractivity contribution in [2.45, 2.75) is 59.3 Å².